The number of aromatic nitrogens is 5. The summed E-state index contributed by atoms with van der Waals surface area (Å²) in [7, 11) is -3.85. The van der Waals surface area contributed by atoms with Crippen molar-refractivity contribution >= 4 is 27.0 Å². The molecule has 0 amide bonds. The number of ketones is 1. The number of carbonyl (C=O) groups excluding carboxylic acids is 1. The largest absolute Gasteiger partial charge is 0.308 e. The van der Waals surface area contributed by atoms with E-state index in [2.05, 4.69) is 20.3 Å². The minimum Gasteiger partial charge on any atom is -0.308 e. The average Bonchev–Trinajstić information content (AvgIpc) is 3.28. The van der Waals surface area contributed by atoms with Gasteiger partial charge in [-0.05, 0) is 49.6 Å². The second-order valence-corrected chi connectivity index (χ2v) is 10.7. The second kappa shape index (κ2) is 9.36. The van der Waals surface area contributed by atoms with Crippen LogP contribution in [0, 0.1) is 5.82 Å². The highest BCUT2D eigenvalue weighted by Crippen LogP contribution is 2.29. The Balaban J connectivity index is 1.44. The molecular weight excluding hydrogens is 487 g/mol. The number of sulfonamides is 1. The molecule has 1 unspecified atom stereocenters. The van der Waals surface area contributed by atoms with Crippen LogP contribution in [0.15, 0.2) is 58.2 Å². The fourth-order valence-electron chi connectivity index (χ4n) is 4.35. The summed E-state index contributed by atoms with van der Waals surface area (Å²) in [6, 6.07) is 11.9. The lowest BCUT2D eigenvalue weighted by molar-refractivity contribution is 0.101. The zero-order valence-corrected chi connectivity index (χ0v) is 20.2. The van der Waals surface area contributed by atoms with Crippen molar-refractivity contribution in [3.8, 4) is 0 Å². The van der Waals surface area contributed by atoms with Crippen LogP contribution in [0.1, 0.15) is 47.4 Å². The van der Waals surface area contributed by atoms with Crippen molar-refractivity contribution in [2.75, 3.05) is 13.1 Å². The van der Waals surface area contributed by atoms with E-state index in [9.17, 15) is 22.4 Å². The molecule has 1 aliphatic rings. The van der Waals surface area contributed by atoms with E-state index in [4.69, 9.17) is 0 Å². The van der Waals surface area contributed by atoms with Gasteiger partial charge < -0.3 is 4.98 Å². The van der Waals surface area contributed by atoms with Gasteiger partial charge in [-0.25, -0.2) is 22.5 Å². The SMILES string of the molecule is CC(=O)c1cccc(S(=O)(=O)N2CCCC(c3nc4c(nnn4Cc4ccc(F)cc4)c(=O)[nH]3)C2)c1. The molecule has 0 saturated carbocycles. The molecule has 3 heterocycles. The summed E-state index contributed by atoms with van der Waals surface area (Å²) in [5, 5.41) is 7.97. The van der Waals surface area contributed by atoms with Crippen molar-refractivity contribution < 1.29 is 17.6 Å². The topological polar surface area (TPSA) is 131 Å². The van der Waals surface area contributed by atoms with Gasteiger partial charge in [0.1, 0.15) is 11.6 Å². The number of piperidine rings is 1. The number of carbonyl (C=O) groups is 1. The smallest absolute Gasteiger partial charge is 0.281 e. The highest BCUT2D eigenvalue weighted by molar-refractivity contribution is 7.89. The number of hydrogen-bond donors (Lipinski definition) is 1. The minimum absolute atomic E-state index is 0.0503. The fourth-order valence-corrected chi connectivity index (χ4v) is 5.92. The van der Waals surface area contributed by atoms with Crippen LogP contribution in [0.5, 0.6) is 0 Å². The number of nitrogens with zero attached hydrogens (tertiary/aromatic N) is 5. The van der Waals surface area contributed by atoms with Gasteiger partial charge in [-0.3, -0.25) is 9.59 Å². The highest BCUT2D eigenvalue weighted by Gasteiger charge is 2.32. The summed E-state index contributed by atoms with van der Waals surface area (Å²) >= 11 is 0. The fraction of sp³-hybridized carbons (Fsp3) is 0.292. The summed E-state index contributed by atoms with van der Waals surface area (Å²) in [5.41, 5.74) is 0.960. The van der Waals surface area contributed by atoms with Gasteiger partial charge in [0.2, 0.25) is 10.0 Å². The molecule has 0 radical (unpaired) electrons. The molecule has 10 nitrogen and oxygen atoms in total. The van der Waals surface area contributed by atoms with E-state index in [-0.39, 0.29) is 46.7 Å². The van der Waals surface area contributed by atoms with Gasteiger partial charge in [0, 0.05) is 24.6 Å². The molecule has 36 heavy (non-hydrogen) atoms. The maximum absolute atomic E-state index is 13.3. The maximum atomic E-state index is 13.3. The van der Waals surface area contributed by atoms with Gasteiger partial charge in [0.25, 0.3) is 5.56 Å². The van der Waals surface area contributed by atoms with Crippen LogP contribution in [0.3, 0.4) is 0 Å². The van der Waals surface area contributed by atoms with Crippen LogP contribution in [-0.2, 0) is 16.6 Å². The van der Waals surface area contributed by atoms with Crippen LogP contribution < -0.4 is 5.56 Å². The van der Waals surface area contributed by atoms with E-state index >= 15 is 0 Å². The number of rotatable bonds is 6. The lowest BCUT2D eigenvalue weighted by Crippen LogP contribution is -2.40. The first kappa shape index (κ1) is 23.9. The molecule has 1 N–H and O–H groups in total. The number of Topliss-reactive ketones (excluding diaryl/α,β-unsaturated/α-hetero) is 1. The first-order chi connectivity index (χ1) is 17.2. The lowest BCUT2D eigenvalue weighted by Gasteiger charge is -2.31. The zero-order chi connectivity index (χ0) is 25.4. The first-order valence-electron chi connectivity index (χ1n) is 11.4. The highest BCUT2D eigenvalue weighted by atomic mass is 32.2. The molecule has 186 valence electrons. The molecule has 12 heteroatoms. The molecular formula is C24H23FN6O4S. The van der Waals surface area contributed by atoms with Crippen LogP contribution in [0.2, 0.25) is 0 Å². The third-order valence-electron chi connectivity index (χ3n) is 6.29. The predicted molar refractivity (Wildman–Crippen MR) is 129 cm³/mol. The molecule has 5 rings (SSSR count). The third-order valence-corrected chi connectivity index (χ3v) is 8.15. The van der Waals surface area contributed by atoms with Gasteiger partial charge in [0.15, 0.2) is 16.9 Å². The van der Waals surface area contributed by atoms with Crippen molar-refractivity contribution in [1.82, 2.24) is 29.3 Å². The molecule has 1 atom stereocenters. The first-order valence-corrected chi connectivity index (χ1v) is 12.9. The summed E-state index contributed by atoms with van der Waals surface area (Å²) in [6.45, 7) is 2.07. The number of hydrogen-bond acceptors (Lipinski definition) is 7. The number of halogens is 1. The molecule has 0 bridgehead atoms. The number of nitrogens with one attached hydrogen (secondary N) is 1. The van der Waals surface area contributed by atoms with Crippen LogP contribution >= 0.6 is 0 Å². The monoisotopic (exact) mass is 510 g/mol. The molecule has 1 aliphatic heterocycles. The Morgan fingerprint density at radius 2 is 1.97 bits per heavy atom. The number of fused-ring (bicyclic) bond motifs is 1. The van der Waals surface area contributed by atoms with Gasteiger partial charge in [-0.15, -0.1) is 5.10 Å². The molecule has 2 aromatic heterocycles. The Bertz CT molecular complexity index is 1610. The summed E-state index contributed by atoms with van der Waals surface area (Å²) in [5.74, 6) is -0.572. The van der Waals surface area contributed by atoms with Crippen molar-refractivity contribution in [3.05, 3.63) is 81.7 Å². The van der Waals surface area contributed by atoms with Gasteiger partial charge in [-0.2, -0.15) is 4.31 Å². The lowest BCUT2D eigenvalue weighted by atomic mass is 9.99. The van der Waals surface area contributed by atoms with E-state index in [1.165, 1.54) is 40.2 Å². The minimum atomic E-state index is -3.85. The Morgan fingerprint density at radius 1 is 1.19 bits per heavy atom. The molecule has 0 spiro atoms. The van der Waals surface area contributed by atoms with E-state index in [1.54, 1.807) is 24.3 Å². The van der Waals surface area contributed by atoms with E-state index in [0.29, 0.717) is 30.8 Å². The zero-order valence-electron chi connectivity index (χ0n) is 19.4. The summed E-state index contributed by atoms with van der Waals surface area (Å²) in [4.78, 5) is 31.9. The van der Waals surface area contributed by atoms with Crippen molar-refractivity contribution in [2.45, 2.75) is 37.1 Å². The molecule has 1 saturated heterocycles. The van der Waals surface area contributed by atoms with Gasteiger partial charge in [-0.1, -0.05) is 29.5 Å². The maximum Gasteiger partial charge on any atom is 0.281 e. The van der Waals surface area contributed by atoms with Crippen molar-refractivity contribution in [2.24, 2.45) is 0 Å². The predicted octanol–water partition coefficient (Wildman–Crippen LogP) is 2.47. The normalized spacial score (nSPS) is 16.9. The number of benzene rings is 2. The van der Waals surface area contributed by atoms with Crippen LogP contribution in [-0.4, -0.2) is 56.6 Å². The Kier molecular flexibility index (Phi) is 6.22. The molecule has 2 aromatic carbocycles. The summed E-state index contributed by atoms with van der Waals surface area (Å²) < 4.78 is 42.7. The Hall–Kier alpha value is -3.77. The average molecular weight is 511 g/mol. The van der Waals surface area contributed by atoms with Crippen LogP contribution in [0.25, 0.3) is 11.2 Å². The quantitative estimate of drug-likeness (QED) is 0.394. The van der Waals surface area contributed by atoms with Gasteiger partial charge >= 0.3 is 0 Å². The standard InChI is InChI=1S/C24H23FN6O4S/c1-15(32)17-4-2-6-20(12-17)36(34,35)30-11-3-5-18(14-30)22-26-23-21(24(33)27-22)28-29-31(23)13-16-7-9-19(25)10-8-16/h2,4,6-10,12,18H,3,5,11,13-14H2,1H3,(H,26,27,33). The Morgan fingerprint density at radius 3 is 2.72 bits per heavy atom. The number of H-pyrrole nitrogens is 1. The molecule has 1 fully saturated rings. The van der Waals surface area contributed by atoms with Crippen molar-refractivity contribution in [1.29, 1.82) is 0 Å². The van der Waals surface area contributed by atoms with E-state index in [1.807, 2.05) is 0 Å². The van der Waals surface area contributed by atoms with E-state index in [0.717, 1.165) is 5.56 Å². The Labute approximate surface area is 205 Å². The molecule has 0 aliphatic carbocycles. The van der Waals surface area contributed by atoms with E-state index < -0.39 is 15.6 Å². The summed E-state index contributed by atoms with van der Waals surface area (Å²) in [6.07, 6.45) is 1.21. The van der Waals surface area contributed by atoms with Gasteiger partial charge in [0.05, 0.1) is 11.4 Å². The van der Waals surface area contributed by atoms with Crippen LogP contribution in [0.4, 0.5) is 4.39 Å². The number of aromatic amines is 1. The van der Waals surface area contributed by atoms with Crippen molar-refractivity contribution in [3.63, 3.8) is 0 Å². The third kappa shape index (κ3) is 4.56. The second-order valence-electron chi connectivity index (χ2n) is 8.78. The molecule has 4 aromatic rings.